The van der Waals surface area contributed by atoms with Crippen LogP contribution in [0.5, 0.6) is 0 Å². The largest absolute Gasteiger partial charge is 0.368 e. The van der Waals surface area contributed by atoms with Crippen LogP contribution in [-0.2, 0) is 4.79 Å². The Kier molecular flexibility index (Phi) is 6.31. The van der Waals surface area contributed by atoms with E-state index < -0.39 is 5.91 Å². The molecule has 0 atom stereocenters. The highest BCUT2D eigenvalue weighted by molar-refractivity contribution is 9.10. The molecule has 6 nitrogen and oxygen atoms in total. The molecule has 0 bridgehead atoms. The van der Waals surface area contributed by atoms with Gasteiger partial charge >= 0.3 is 0 Å². The molecule has 2 aromatic rings. The maximum atomic E-state index is 13.0. The second kappa shape index (κ2) is 8.69. The van der Waals surface area contributed by atoms with E-state index in [0.717, 1.165) is 10.9 Å². The van der Waals surface area contributed by atoms with Gasteiger partial charge in [-0.3, -0.25) is 14.4 Å². The number of hydrogen-bond acceptors (Lipinski definition) is 3. The summed E-state index contributed by atoms with van der Waals surface area (Å²) in [7, 11) is 0. The number of carbonyl (C=O) groups excluding carboxylic acids is 2. The van der Waals surface area contributed by atoms with Crippen LogP contribution in [0, 0.1) is 5.92 Å². The zero-order valence-corrected chi connectivity index (χ0v) is 16.8. The monoisotopic (exact) mass is 433 g/mol. The Labute approximate surface area is 166 Å². The maximum Gasteiger partial charge on any atom is 0.270 e. The minimum absolute atomic E-state index is 0.147. The van der Waals surface area contributed by atoms with Crippen LogP contribution in [0.15, 0.2) is 33.5 Å². The molecular weight excluding hydrogens is 410 g/mol. The lowest BCUT2D eigenvalue weighted by Crippen LogP contribution is -2.40. The lowest BCUT2D eigenvalue weighted by Gasteiger charge is -2.26. The van der Waals surface area contributed by atoms with Gasteiger partial charge in [-0.15, -0.1) is 0 Å². The Balaban J connectivity index is 1.82. The highest BCUT2D eigenvalue weighted by Crippen LogP contribution is 2.26. The van der Waals surface area contributed by atoms with Gasteiger partial charge in [0.25, 0.3) is 5.91 Å². The van der Waals surface area contributed by atoms with E-state index >= 15 is 0 Å². The van der Waals surface area contributed by atoms with E-state index in [-0.39, 0.29) is 23.6 Å². The van der Waals surface area contributed by atoms with Crippen LogP contribution in [0.4, 0.5) is 0 Å². The summed E-state index contributed by atoms with van der Waals surface area (Å²) >= 11 is 3.34. The lowest BCUT2D eigenvalue weighted by atomic mass is 9.87. The number of rotatable bonds is 6. The maximum absolute atomic E-state index is 13.0. The van der Waals surface area contributed by atoms with Crippen LogP contribution in [0.1, 0.15) is 49.0 Å². The van der Waals surface area contributed by atoms with Gasteiger partial charge in [-0.1, -0.05) is 48.0 Å². The minimum atomic E-state index is -0.556. The number of amides is 2. The summed E-state index contributed by atoms with van der Waals surface area (Å²) in [6.45, 7) is 0.318. The number of fused-ring (bicyclic) bond motifs is 1. The molecule has 1 aromatic carbocycles. The summed E-state index contributed by atoms with van der Waals surface area (Å²) < 4.78 is 0.794. The summed E-state index contributed by atoms with van der Waals surface area (Å²) in [6, 6.07) is 6.56. The number of nitrogens with two attached hydrogens (primary N) is 1. The molecule has 2 amide bonds. The number of nitrogens with one attached hydrogen (secondary N) is 1. The third kappa shape index (κ3) is 4.97. The standard InChI is InChI=1S/C20H24BrN3O3/c21-14-6-7-16-15(10-14)18(25)11-17(23-16)20(27)24(12-19(22)26)9-8-13-4-2-1-3-5-13/h6-7,10-11,13H,1-5,8-9,12H2,(H2,22,26)(H,23,25). The predicted octanol–water partition coefficient (Wildman–Crippen LogP) is 3.19. The van der Waals surface area contributed by atoms with Crippen molar-refractivity contribution in [2.75, 3.05) is 13.1 Å². The molecule has 1 fully saturated rings. The lowest BCUT2D eigenvalue weighted by molar-refractivity contribution is -0.118. The highest BCUT2D eigenvalue weighted by Gasteiger charge is 2.22. The molecule has 1 aliphatic rings. The van der Waals surface area contributed by atoms with E-state index in [2.05, 4.69) is 20.9 Å². The smallest absolute Gasteiger partial charge is 0.270 e. The van der Waals surface area contributed by atoms with Gasteiger partial charge in [-0.2, -0.15) is 0 Å². The molecule has 7 heteroatoms. The number of nitrogens with zero attached hydrogens (tertiary/aromatic N) is 1. The number of aromatic nitrogens is 1. The number of carbonyl (C=O) groups is 2. The molecule has 1 aromatic heterocycles. The van der Waals surface area contributed by atoms with Crippen molar-refractivity contribution >= 4 is 38.6 Å². The average Bonchev–Trinajstić information content (AvgIpc) is 2.65. The van der Waals surface area contributed by atoms with E-state index in [9.17, 15) is 14.4 Å². The first-order valence-corrected chi connectivity index (χ1v) is 10.1. The first kappa shape index (κ1) is 19.6. The van der Waals surface area contributed by atoms with E-state index in [4.69, 9.17) is 5.73 Å². The predicted molar refractivity (Wildman–Crippen MR) is 109 cm³/mol. The minimum Gasteiger partial charge on any atom is -0.368 e. The summed E-state index contributed by atoms with van der Waals surface area (Å²) in [6.07, 6.45) is 6.91. The molecule has 3 N–H and O–H groups in total. The van der Waals surface area contributed by atoms with Gasteiger partial charge in [0.15, 0.2) is 5.43 Å². The van der Waals surface area contributed by atoms with Crippen LogP contribution in [0.2, 0.25) is 0 Å². The molecule has 0 unspecified atom stereocenters. The first-order chi connectivity index (χ1) is 12.9. The molecule has 1 heterocycles. The van der Waals surface area contributed by atoms with Crippen molar-refractivity contribution in [3.05, 3.63) is 44.7 Å². The quantitative estimate of drug-likeness (QED) is 0.731. The second-order valence-electron chi connectivity index (χ2n) is 7.22. The van der Waals surface area contributed by atoms with Crippen molar-refractivity contribution in [1.82, 2.24) is 9.88 Å². The van der Waals surface area contributed by atoms with Crippen molar-refractivity contribution in [2.45, 2.75) is 38.5 Å². The first-order valence-electron chi connectivity index (χ1n) is 9.34. The van der Waals surface area contributed by atoms with Crippen LogP contribution < -0.4 is 11.2 Å². The van der Waals surface area contributed by atoms with E-state index in [0.29, 0.717) is 23.4 Å². The van der Waals surface area contributed by atoms with Crippen molar-refractivity contribution in [3.8, 4) is 0 Å². The van der Waals surface area contributed by atoms with Crippen molar-refractivity contribution < 1.29 is 9.59 Å². The van der Waals surface area contributed by atoms with E-state index in [1.54, 1.807) is 18.2 Å². The summed E-state index contributed by atoms with van der Waals surface area (Å²) in [5, 5.41) is 0.504. The van der Waals surface area contributed by atoms with Crippen LogP contribution >= 0.6 is 15.9 Å². The number of primary amides is 1. The Morgan fingerprint density at radius 2 is 1.93 bits per heavy atom. The van der Waals surface area contributed by atoms with Gasteiger partial charge in [0, 0.05) is 28.0 Å². The molecule has 1 aliphatic carbocycles. The second-order valence-corrected chi connectivity index (χ2v) is 8.14. The van der Waals surface area contributed by atoms with Gasteiger partial charge in [-0.05, 0) is 30.5 Å². The van der Waals surface area contributed by atoms with Gasteiger partial charge < -0.3 is 15.6 Å². The summed E-state index contributed by atoms with van der Waals surface area (Å²) in [5.74, 6) is -0.347. The summed E-state index contributed by atoms with van der Waals surface area (Å²) in [4.78, 5) is 41.3. The molecule has 3 rings (SSSR count). The van der Waals surface area contributed by atoms with Crippen molar-refractivity contribution in [3.63, 3.8) is 0 Å². The SMILES string of the molecule is NC(=O)CN(CCC1CCCCC1)C(=O)c1cc(=O)c2cc(Br)ccc2[nH]1. The molecule has 0 aliphatic heterocycles. The van der Waals surface area contributed by atoms with Crippen LogP contribution in [0.25, 0.3) is 10.9 Å². The topological polar surface area (TPSA) is 96.3 Å². The van der Waals surface area contributed by atoms with Gasteiger partial charge in [0.2, 0.25) is 5.91 Å². The zero-order valence-electron chi connectivity index (χ0n) is 15.2. The normalized spacial score (nSPS) is 15.0. The van der Waals surface area contributed by atoms with Crippen LogP contribution in [-0.4, -0.2) is 34.8 Å². The Bertz CT molecular complexity index is 903. The number of hydrogen-bond donors (Lipinski definition) is 2. The number of H-pyrrole nitrogens is 1. The number of aromatic amines is 1. The third-order valence-electron chi connectivity index (χ3n) is 5.19. The third-order valence-corrected chi connectivity index (χ3v) is 5.68. The van der Waals surface area contributed by atoms with Gasteiger partial charge in [0.05, 0.1) is 6.54 Å². The molecule has 27 heavy (non-hydrogen) atoms. The molecule has 0 radical (unpaired) electrons. The Hall–Kier alpha value is -2.15. The van der Waals surface area contributed by atoms with Gasteiger partial charge in [0.1, 0.15) is 5.69 Å². The van der Waals surface area contributed by atoms with Crippen molar-refractivity contribution in [1.29, 1.82) is 0 Å². The summed E-state index contributed by atoms with van der Waals surface area (Å²) in [5.41, 5.74) is 5.87. The van der Waals surface area contributed by atoms with E-state index in [1.165, 1.54) is 43.1 Å². The fourth-order valence-corrected chi connectivity index (χ4v) is 4.12. The fourth-order valence-electron chi connectivity index (χ4n) is 3.76. The number of pyridine rings is 1. The number of benzene rings is 1. The molecule has 1 saturated carbocycles. The Morgan fingerprint density at radius 1 is 1.19 bits per heavy atom. The molecule has 144 valence electrons. The molecule has 0 saturated heterocycles. The number of halogens is 1. The van der Waals surface area contributed by atoms with Crippen LogP contribution in [0.3, 0.4) is 0 Å². The van der Waals surface area contributed by atoms with Crippen molar-refractivity contribution in [2.24, 2.45) is 11.7 Å². The molecule has 0 spiro atoms. The van der Waals surface area contributed by atoms with Gasteiger partial charge in [-0.25, -0.2) is 0 Å². The Morgan fingerprint density at radius 3 is 2.63 bits per heavy atom. The van der Waals surface area contributed by atoms with E-state index in [1.807, 2.05) is 0 Å². The molecular formula is C20H24BrN3O3. The zero-order chi connectivity index (χ0) is 19.4. The highest BCUT2D eigenvalue weighted by atomic mass is 79.9. The average molecular weight is 434 g/mol. The fraction of sp³-hybridized carbons (Fsp3) is 0.450.